The molecule has 0 bridgehead atoms. The highest BCUT2D eigenvalue weighted by Crippen LogP contribution is 2.25. The highest BCUT2D eigenvalue weighted by atomic mass is 16.5. The van der Waals surface area contributed by atoms with Crippen LogP contribution in [0.15, 0.2) is 12.1 Å². The Balaban J connectivity index is 1.83. The van der Waals surface area contributed by atoms with Crippen LogP contribution >= 0.6 is 0 Å². The molecule has 1 fully saturated rings. The molecule has 0 saturated heterocycles. The van der Waals surface area contributed by atoms with Gasteiger partial charge in [-0.3, -0.25) is 4.79 Å². The fourth-order valence-corrected chi connectivity index (χ4v) is 3.70. The van der Waals surface area contributed by atoms with Gasteiger partial charge in [0.15, 0.2) is 0 Å². The minimum absolute atomic E-state index is 0.0111. The molecule has 0 aliphatic heterocycles. The zero-order valence-electron chi connectivity index (χ0n) is 16.5. The Kier molecular flexibility index (Phi) is 8.72. The van der Waals surface area contributed by atoms with Crippen LogP contribution in [0.25, 0.3) is 0 Å². The maximum Gasteiger partial charge on any atom is 0.308 e. The van der Waals surface area contributed by atoms with Crippen molar-refractivity contribution in [2.24, 2.45) is 5.92 Å². The summed E-state index contributed by atoms with van der Waals surface area (Å²) in [4.78, 5) is 18.9. The van der Waals surface area contributed by atoms with E-state index in [1.807, 2.05) is 6.07 Å². The summed E-state index contributed by atoms with van der Waals surface area (Å²) in [5, 5.41) is 0. The number of nitrogen functional groups attached to an aromatic ring is 1. The quantitative estimate of drug-likeness (QED) is 0.496. The van der Waals surface area contributed by atoms with Gasteiger partial charge >= 0.3 is 5.97 Å². The fraction of sp³-hybridized carbons (Fsp3) is 0.714. The van der Waals surface area contributed by atoms with Gasteiger partial charge in [0, 0.05) is 30.5 Å². The lowest BCUT2D eigenvalue weighted by molar-refractivity contribution is -0.149. The van der Waals surface area contributed by atoms with Gasteiger partial charge in [-0.2, -0.15) is 0 Å². The second-order valence-electron chi connectivity index (χ2n) is 7.33. The molecule has 26 heavy (non-hydrogen) atoms. The lowest BCUT2D eigenvalue weighted by atomic mass is 9.89. The van der Waals surface area contributed by atoms with Crippen LogP contribution in [0.2, 0.25) is 0 Å². The third-order valence-electron chi connectivity index (χ3n) is 5.00. The number of anilines is 2. The van der Waals surface area contributed by atoms with E-state index in [1.54, 1.807) is 0 Å². The summed E-state index contributed by atoms with van der Waals surface area (Å²) in [6.07, 6.45) is 9.32. The molecule has 1 aliphatic carbocycles. The molecule has 1 heterocycles. The van der Waals surface area contributed by atoms with Crippen molar-refractivity contribution in [1.29, 1.82) is 0 Å². The zero-order chi connectivity index (χ0) is 18.8. The molecule has 0 aromatic carbocycles. The summed E-state index contributed by atoms with van der Waals surface area (Å²) < 4.78 is 5.48. The molecular formula is C21H35N3O2. The molecule has 0 unspecified atom stereocenters. The smallest absolute Gasteiger partial charge is 0.308 e. The van der Waals surface area contributed by atoms with Crippen molar-refractivity contribution >= 4 is 17.5 Å². The summed E-state index contributed by atoms with van der Waals surface area (Å²) >= 11 is 0. The Morgan fingerprint density at radius 2 is 1.88 bits per heavy atom. The van der Waals surface area contributed by atoms with Crippen LogP contribution in [-0.4, -0.2) is 30.6 Å². The van der Waals surface area contributed by atoms with Gasteiger partial charge in [-0.1, -0.05) is 33.1 Å². The lowest BCUT2D eigenvalue weighted by Gasteiger charge is -2.24. The van der Waals surface area contributed by atoms with Gasteiger partial charge in [-0.05, 0) is 44.6 Å². The Bertz CT molecular complexity index is 550. The second-order valence-corrected chi connectivity index (χ2v) is 7.33. The molecule has 5 heteroatoms. The van der Waals surface area contributed by atoms with Gasteiger partial charge in [-0.15, -0.1) is 0 Å². The average Bonchev–Trinajstić information content (AvgIpc) is 2.65. The minimum atomic E-state index is -0.0111. The summed E-state index contributed by atoms with van der Waals surface area (Å²) in [6, 6.07) is 4.09. The van der Waals surface area contributed by atoms with Crippen molar-refractivity contribution in [2.75, 3.05) is 30.3 Å². The van der Waals surface area contributed by atoms with Crippen molar-refractivity contribution in [2.45, 2.75) is 71.6 Å². The number of nitrogens with two attached hydrogens (primary N) is 1. The van der Waals surface area contributed by atoms with Gasteiger partial charge in [0.2, 0.25) is 0 Å². The molecule has 1 saturated carbocycles. The first-order chi connectivity index (χ1) is 12.6. The number of aromatic nitrogens is 1. The van der Waals surface area contributed by atoms with Crippen LogP contribution in [0, 0.1) is 5.92 Å². The van der Waals surface area contributed by atoms with E-state index in [4.69, 9.17) is 10.5 Å². The van der Waals surface area contributed by atoms with Crippen molar-refractivity contribution in [3.63, 3.8) is 0 Å². The van der Waals surface area contributed by atoms with Gasteiger partial charge in [0.05, 0.1) is 12.5 Å². The number of hydrogen-bond donors (Lipinski definition) is 1. The maximum atomic E-state index is 12.1. The molecule has 5 nitrogen and oxygen atoms in total. The standard InChI is InChI=1S/C21H35N3O2/c1-3-12-24(13-4-2)19-15-18(23-20(22)16-19)11-8-14-26-21(25)17-9-6-5-7-10-17/h15-17H,3-14H2,1-2H3,(H2,22,23). The highest BCUT2D eigenvalue weighted by Gasteiger charge is 2.22. The summed E-state index contributed by atoms with van der Waals surface area (Å²) in [7, 11) is 0. The molecule has 1 aliphatic rings. The molecule has 1 aromatic heterocycles. The Morgan fingerprint density at radius 1 is 1.19 bits per heavy atom. The van der Waals surface area contributed by atoms with Crippen LogP contribution < -0.4 is 10.6 Å². The van der Waals surface area contributed by atoms with Crippen LogP contribution in [-0.2, 0) is 16.0 Å². The van der Waals surface area contributed by atoms with E-state index in [1.165, 1.54) is 6.42 Å². The number of nitrogens with zero attached hydrogens (tertiary/aromatic N) is 2. The Morgan fingerprint density at radius 3 is 2.54 bits per heavy atom. The lowest BCUT2D eigenvalue weighted by Crippen LogP contribution is -2.25. The number of ether oxygens (including phenoxy) is 1. The molecule has 0 spiro atoms. The molecule has 146 valence electrons. The van der Waals surface area contributed by atoms with E-state index >= 15 is 0 Å². The topological polar surface area (TPSA) is 68.4 Å². The van der Waals surface area contributed by atoms with E-state index in [9.17, 15) is 4.79 Å². The van der Waals surface area contributed by atoms with Crippen molar-refractivity contribution in [3.8, 4) is 0 Å². The third kappa shape index (κ3) is 6.50. The van der Waals surface area contributed by atoms with Crippen LogP contribution in [0.1, 0.15) is 70.9 Å². The highest BCUT2D eigenvalue weighted by molar-refractivity contribution is 5.72. The fourth-order valence-electron chi connectivity index (χ4n) is 3.70. The molecule has 0 atom stereocenters. The van der Waals surface area contributed by atoms with Crippen molar-refractivity contribution in [3.05, 3.63) is 17.8 Å². The maximum absolute atomic E-state index is 12.1. The first-order valence-electron chi connectivity index (χ1n) is 10.3. The number of rotatable bonds is 10. The van der Waals surface area contributed by atoms with Crippen LogP contribution in [0.5, 0.6) is 0 Å². The third-order valence-corrected chi connectivity index (χ3v) is 5.00. The summed E-state index contributed by atoms with van der Waals surface area (Å²) in [5.41, 5.74) is 8.14. The predicted molar refractivity (Wildman–Crippen MR) is 107 cm³/mol. The van der Waals surface area contributed by atoms with Gasteiger partial charge in [0.1, 0.15) is 5.82 Å². The van der Waals surface area contributed by atoms with E-state index in [2.05, 4.69) is 29.8 Å². The minimum Gasteiger partial charge on any atom is -0.465 e. The van der Waals surface area contributed by atoms with E-state index in [-0.39, 0.29) is 11.9 Å². The number of carbonyl (C=O) groups excluding carboxylic acids is 1. The summed E-state index contributed by atoms with van der Waals surface area (Å²) in [5.74, 6) is 0.675. The molecular weight excluding hydrogens is 326 g/mol. The Hall–Kier alpha value is -1.78. The molecule has 0 amide bonds. The van der Waals surface area contributed by atoms with E-state index in [0.717, 1.165) is 75.8 Å². The largest absolute Gasteiger partial charge is 0.465 e. The molecule has 1 aromatic rings. The first-order valence-corrected chi connectivity index (χ1v) is 10.3. The number of pyridine rings is 1. The summed E-state index contributed by atoms with van der Waals surface area (Å²) in [6.45, 7) is 6.89. The van der Waals surface area contributed by atoms with Crippen LogP contribution in [0.4, 0.5) is 11.5 Å². The van der Waals surface area contributed by atoms with E-state index < -0.39 is 0 Å². The Labute approximate surface area is 158 Å². The monoisotopic (exact) mass is 361 g/mol. The number of esters is 1. The van der Waals surface area contributed by atoms with Gasteiger partial charge in [-0.25, -0.2) is 4.98 Å². The van der Waals surface area contributed by atoms with Crippen molar-refractivity contribution in [1.82, 2.24) is 4.98 Å². The van der Waals surface area contributed by atoms with Crippen molar-refractivity contribution < 1.29 is 9.53 Å². The molecule has 0 radical (unpaired) electrons. The molecule has 2 rings (SSSR count). The van der Waals surface area contributed by atoms with Gasteiger partial charge in [0.25, 0.3) is 0 Å². The normalized spacial score (nSPS) is 15.0. The van der Waals surface area contributed by atoms with E-state index in [0.29, 0.717) is 12.4 Å². The number of aryl methyl sites for hydroxylation is 1. The average molecular weight is 362 g/mol. The number of carbonyl (C=O) groups is 1. The first kappa shape index (κ1) is 20.5. The SMILES string of the molecule is CCCN(CCC)c1cc(N)nc(CCCOC(=O)C2CCCCC2)c1. The predicted octanol–water partition coefficient (Wildman–Crippen LogP) is 4.35. The zero-order valence-corrected chi connectivity index (χ0v) is 16.5. The van der Waals surface area contributed by atoms with Gasteiger partial charge < -0.3 is 15.4 Å². The number of hydrogen-bond acceptors (Lipinski definition) is 5. The second kappa shape index (κ2) is 11.0. The molecule has 2 N–H and O–H groups in total. The van der Waals surface area contributed by atoms with Crippen LogP contribution in [0.3, 0.4) is 0 Å².